The zero-order valence-corrected chi connectivity index (χ0v) is 41.5. The molecule has 3 saturated heterocycles. The Balaban J connectivity index is 0.817. The number of ether oxygens (including phenoxy) is 1. The number of nitrogens with one attached hydrogen (secondary N) is 3. The molecule has 6 aliphatic heterocycles. The lowest BCUT2D eigenvalue weighted by Gasteiger charge is -2.40. The van der Waals surface area contributed by atoms with Crippen LogP contribution in [-0.4, -0.2) is 94.7 Å². The molecule has 3 N–H and O–H groups in total. The van der Waals surface area contributed by atoms with Crippen LogP contribution in [0.15, 0.2) is 66.9 Å². The van der Waals surface area contributed by atoms with Crippen molar-refractivity contribution >= 4 is 52.5 Å². The average Bonchev–Trinajstić information content (AvgIpc) is 3.55. The third kappa shape index (κ3) is 8.38. The highest BCUT2D eigenvalue weighted by Gasteiger charge is 2.63. The Labute approximate surface area is 424 Å². The van der Waals surface area contributed by atoms with Gasteiger partial charge in [0.2, 0.25) is 17.7 Å². The number of hydrogen-bond acceptors (Lipinski definition) is 9. The van der Waals surface area contributed by atoms with Crippen LogP contribution < -0.4 is 25.6 Å². The topological polar surface area (TPSA) is 153 Å². The maximum atomic E-state index is 16.5. The maximum absolute atomic E-state index is 16.5. The molecule has 7 atom stereocenters. The van der Waals surface area contributed by atoms with E-state index in [2.05, 4.69) is 32.8 Å². The van der Waals surface area contributed by atoms with E-state index in [-0.39, 0.29) is 83.2 Å². The number of amides is 5. The lowest BCUT2D eigenvalue weighted by atomic mass is 9.63. The largest absolute Gasteiger partial charge is 0.487 e. The van der Waals surface area contributed by atoms with Gasteiger partial charge in [-0.2, -0.15) is 13.2 Å². The van der Waals surface area contributed by atoms with Gasteiger partial charge in [0, 0.05) is 90.0 Å². The van der Waals surface area contributed by atoms with Gasteiger partial charge >= 0.3 is 6.18 Å². The van der Waals surface area contributed by atoms with Crippen LogP contribution in [0.1, 0.15) is 121 Å². The molecule has 3 aromatic carbocycles. The monoisotopic (exact) mass is 1020 g/mol. The fourth-order valence-electron chi connectivity index (χ4n) is 12.6. The van der Waals surface area contributed by atoms with Crippen molar-refractivity contribution in [1.82, 2.24) is 25.4 Å². The number of halogens is 5. The Morgan fingerprint density at radius 3 is 2.52 bits per heavy atom. The van der Waals surface area contributed by atoms with E-state index >= 15 is 9.18 Å². The van der Waals surface area contributed by atoms with Crippen molar-refractivity contribution in [2.75, 3.05) is 36.4 Å². The summed E-state index contributed by atoms with van der Waals surface area (Å²) >= 11 is 6.44. The summed E-state index contributed by atoms with van der Waals surface area (Å²) in [6, 6.07) is 13.7. The molecule has 2 spiro atoms. The lowest BCUT2D eigenvalue weighted by Crippen LogP contribution is -2.52. The molecule has 4 fully saturated rings. The van der Waals surface area contributed by atoms with Gasteiger partial charge in [0.15, 0.2) is 0 Å². The smallest absolute Gasteiger partial charge is 0.433 e. The van der Waals surface area contributed by atoms with Gasteiger partial charge in [0.1, 0.15) is 29.4 Å². The van der Waals surface area contributed by atoms with Gasteiger partial charge in [0.05, 0.1) is 23.3 Å². The molecule has 380 valence electrons. The third-order valence-corrected chi connectivity index (χ3v) is 16.6. The number of rotatable bonds is 5. The van der Waals surface area contributed by atoms with Crippen molar-refractivity contribution in [3.05, 3.63) is 117 Å². The second kappa shape index (κ2) is 17.6. The molecule has 7 heterocycles. The minimum atomic E-state index is -4.70. The van der Waals surface area contributed by atoms with Crippen molar-refractivity contribution in [3.8, 4) is 17.6 Å². The fourth-order valence-corrected chi connectivity index (χ4v) is 12.8. The van der Waals surface area contributed by atoms with Crippen LogP contribution in [-0.2, 0) is 32.5 Å². The number of fused-ring (bicyclic) bond motifs is 4. The summed E-state index contributed by atoms with van der Waals surface area (Å²) in [7, 11) is 0. The minimum Gasteiger partial charge on any atom is -0.487 e. The highest BCUT2D eigenvalue weighted by atomic mass is 35.5. The lowest BCUT2D eigenvalue weighted by molar-refractivity contribution is -0.141. The summed E-state index contributed by atoms with van der Waals surface area (Å²) in [5.41, 5.74) is 1.08. The molecule has 1 saturated carbocycles. The van der Waals surface area contributed by atoms with Crippen molar-refractivity contribution < 1.29 is 46.3 Å². The number of pyridine rings is 1. The van der Waals surface area contributed by atoms with E-state index in [1.165, 1.54) is 17.2 Å². The Morgan fingerprint density at radius 1 is 1.01 bits per heavy atom. The first-order valence-electron chi connectivity index (χ1n) is 24.9. The summed E-state index contributed by atoms with van der Waals surface area (Å²) < 4.78 is 64.8. The Morgan fingerprint density at radius 2 is 1.78 bits per heavy atom. The Kier molecular flexibility index (Phi) is 11.7. The summed E-state index contributed by atoms with van der Waals surface area (Å²) in [6.45, 7) is 9.42. The number of alkyl halides is 3. The van der Waals surface area contributed by atoms with E-state index in [9.17, 15) is 32.3 Å². The summed E-state index contributed by atoms with van der Waals surface area (Å²) in [6.07, 6.45) is -0.665. The molecule has 0 bridgehead atoms. The Hall–Kier alpha value is -6.51. The quantitative estimate of drug-likeness (QED) is 0.103. The molecule has 1 aromatic heterocycles. The van der Waals surface area contributed by atoms with Crippen LogP contribution in [0.25, 0.3) is 0 Å². The zero-order chi connectivity index (χ0) is 51.5. The number of nitrogens with zero attached hydrogens (tertiary/aromatic N) is 4. The van der Waals surface area contributed by atoms with Crippen molar-refractivity contribution in [3.63, 3.8) is 0 Å². The first-order chi connectivity index (χ1) is 34.7. The van der Waals surface area contributed by atoms with Gasteiger partial charge in [-0.3, -0.25) is 34.3 Å². The molecule has 0 unspecified atom stereocenters. The third-order valence-electron chi connectivity index (χ3n) is 16.3. The number of aromatic nitrogens is 1. The number of anilines is 2. The summed E-state index contributed by atoms with van der Waals surface area (Å²) in [4.78, 5) is 76.2. The average molecular weight is 1020 g/mol. The van der Waals surface area contributed by atoms with Crippen molar-refractivity contribution in [2.24, 2.45) is 16.7 Å². The molecule has 73 heavy (non-hydrogen) atoms. The van der Waals surface area contributed by atoms with E-state index in [4.69, 9.17) is 16.3 Å². The molecule has 5 amide bonds. The molecule has 13 nitrogen and oxygen atoms in total. The standard InChI is InChI=1S/C55H54ClF4N7O6/c1-29-26-66(51(72)47-45(34-9-6-10-37(56)46(34)57)54(43(63-47)24-52(2,3)4)28-62-38-22-42(55(58,59)60)61-25-36(38)54)39-14-12-31(21-41(39)73-29)49(70)65-19-17-53(18-20-65)23-32(53)13-11-30-7-5-8-33-35(30)27-67(50(33)71)40-15-16-44(68)64-48(40)69/h5-10,12,14,21-22,25,29,32,40,43,45,47,62-63H,15-20,23-24,26-28H2,1-4H3,(H,64,68,69)/t29-,32-,40+,43+,45+,47-,54+/m1/s1. The number of hydrogen-bond donors (Lipinski definition) is 3. The van der Waals surface area contributed by atoms with Gasteiger partial charge in [-0.1, -0.05) is 62.4 Å². The molecular formula is C55H54ClF4N7O6. The van der Waals surface area contributed by atoms with Crippen LogP contribution in [0.2, 0.25) is 5.02 Å². The minimum absolute atomic E-state index is 0.0324. The predicted molar refractivity (Wildman–Crippen MR) is 262 cm³/mol. The second-order valence-electron chi connectivity index (χ2n) is 22.1. The summed E-state index contributed by atoms with van der Waals surface area (Å²) in [5, 5.41) is 8.98. The molecule has 0 radical (unpaired) electrons. The van der Waals surface area contributed by atoms with Crippen LogP contribution in [0.4, 0.5) is 28.9 Å². The van der Waals surface area contributed by atoms with Crippen molar-refractivity contribution in [2.45, 2.75) is 115 Å². The number of carbonyl (C=O) groups is 5. The molecular weight excluding hydrogens is 966 g/mol. The van der Waals surface area contributed by atoms with E-state index in [1.54, 1.807) is 47.4 Å². The molecule has 1 aliphatic carbocycles. The van der Waals surface area contributed by atoms with Crippen LogP contribution in [0.3, 0.4) is 0 Å². The second-order valence-corrected chi connectivity index (χ2v) is 22.5. The van der Waals surface area contributed by atoms with Crippen LogP contribution in [0.5, 0.6) is 5.75 Å². The number of benzene rings is 3. The normalized spacial score (nSPS) is 26.9. The Bertz CT molecular complexity index is 3090. The number of carbonyl (C=O) groups excluding carboxylic acids is 5. The number of likely N-dealkylation sites (tertiary alicyclic amines) is 1. The SMILES string of the molecule is C[C@@H]1CN(C(=O)[C@@H]2N[C@@H](CC(C)(C)C)[C@@]3(CNc4cc(C(F)(F)F)ncc43)[C@H]2c2cccc(Cl)c2F)c2ccc(C(=O)N3CCC4(CC3)C[C@H]4C#Cc3cccc4c3CN([C@H]3CCC(=O)NC3=O)C4=O)cc2O1. The number of piperidine rings is 2. The van der Waals surface area contributed by atoms with Crippen LogP contribution in [0, 0.1) is 34.4 Å². The van der Waals surface area contributed by atoms with Crippen LogP contribution >= 0.6 is 11.6 Å². The van der Waals surface area contributed by atoms with E-state index in [1.807, 2.05) is 38.7 Å². The predicted octanol–water partition coefficient (Wildman–Crippen LogP) is 7.99. The maximum Gasteiger partial charge on any atom is 0.433 e. The van der Waals surface area contributed by atoms with Gasteiger partial charge in [0.25, 0.3) is 11.8 Å². The molecule has 18 heteroatoms. The van der Waals surface area contributed by atoms with Gasteiger partial charge in [-0.05, 0) is 103 Å². The van der Waals surface area contributed by atoms with E-state index < -0.39 is 65.1 Å². The molecule has 4 aromatic rings. The van der Waals surface area contributed by atoms with Crippen molar-refractivity contribution in [1.29, 1.82) is 0 Å². The highest BCUT2D eigenvalue weighted by Crippen LogP contribution is 2.60. The molecule has 7 aliphatic rings. The van der Waals surface area contributed by atoms with Gasteiger partial charge < -0.3 is 30.1 Å². The van der Waals surface area contributed by atoms with Gasteiger partial charge in [-0.15, -0.1) is 0 Å². The van der Waals surface area contributed by atoms with E-state index in [0.717, 1.165) is 36.5 Å². The van der Waals surface area contributed by atoms with E-state index in [0.29, 0.717) is 47.6 Å². The fraction of sp³-hybridized carbons (Fsp3) is 0.455. The highest BCUT2D eigenvalue weighted by molar-refractivity contribution is 6.30. The number of imide groups is 1. The molecule has 11 rings (SSSR count). The first kappa shape index (κ1) is 48.7. The van der Waals surface area contributed by atoms with Gasteiger partial charge in [-0.25, -0.2) is 4.39 Å². The summed E-state index contributed by atoms with van der Waals surface area (Å²) in [5.74, 6) is 3.95. The first-order valence-corrected chi connectivity index (χ1v) is 25.2. The zero-order valence-electron chi connectivity index (χ0n) is 40.7.